The molecule has 0 fully saturated rings. The minimum atomic E-state index is -0.250. The average molecular weight is 244 g/mol. The first-order valence-corrected chi connectivity index (χ1v) is 6.35. The van der Waals surface area contributed by atoms with Crippen LogP contribution in [0.25, 0.3) is 0 Å². The third kappa shape index (κ3) is 2.66. The number of hydrogen-bond donors (Lipinski definition) is 1. The first kappa shape index (κ1) is 12.8. The first-order valence-electron chi connectivity index (χ1n) is 4.95. The summed E-state index contributed by atoms with van der Waals surface area (Å²) in [6, 6.07) is 0.165. The molecule has 0 aliphatic carbocycles. The smallest absolute Gasteiger partial charge is 0.280 e. The summed E-state index contributed by atoms with van der Waals surface area (Å²) in [4.78, 5) is 13.6. The molecule has 1 aromatic heterocycles. The molecule has 1 atom stereocenters. The monoisotopic (exact) mass is 244 g/mol. The Kier molecular flexibility index (Phi) is 4.60. The number of thioether (sulfide) groups is 1. The predicted octanol–water partition coefficient (Wildman–Crippen LogP) is 0.865. The second kappa shape index (κ2) is 5.74. The lowest BCUT2D eigenvalue weighted by atomic mass is 10.2. The van der Waals surface area contributed by atoms with Gasteiger partial charge in [-0.25, -0.2) is 4.63 Å². The maximum atomic E-state index is 12.0. The maximum Gasteiger partial charge on any atom is 0.280 e. The molecule has 0 aliphatic rings. The molecule has 0 aromatic carbocycles. The number of anilines is 1. The summed E-state index contributed by atoms with van der Waals surface area (Å²) in [6.07, 6.45) is 2.89. The number of rotatable bonds is 5. The summed E-state index contributed by atoms with van der Waals surface area (Å²) in [6.45, 7) is 2.04. The van der Waals surface area contributed by atoms with Gasteiger partial charge in [-0.15, -0.1) is 0 Å². The van der Waals surface area contributed by atoms with Gasteiger partial charge >= 0.3 is 0 Å². The van der Waals surface area contributed by atoms with Crippen molar-refractivity contribution in [2.24, 2.45) is 0 Å². The molecule has 0 spiro atoms. The molecule has 0 saturated carbocycles. The van der Waals surface area contributed by atoms with Crippen LogP contribution in [-0.4, -0.2) is 46.2 Å². The van der Waals surface area contributed by atoms with Crippen molar-refractivity contribution in [2.45, 2.75) is 19.4 Å². The van der Waals surface area contributed by atoms with Gasteiger partial charge in [0.1, 0.15) is 0 Å². The van der Waals surface area contributed by atoms with E-state index in [1.54, 1.807) is 23.7 Å². The molecule has 1 amide bonds. The lowest BCUT2D eigenvalue weighted by molar-refractivity contribution is 0.0733. The summed E-state index contributed by atoms with van der Waals surface area (Å²) < 4.78 is 4.41. The highest BCUT2D eigenvalue weighted by Crippen LogP contribution is 2.13. The van der Waals surface area contributed by atoms with Crippen molar-refractivity contribution < 1.29 is 9.42 Å². The number of carbonyl (C=O) groups is 1. The van der Waals surface area contributed by atoms with Crippen LogP contribution in [0.15, 0.2) is 4.63 Å². The van der Waals surface area contributed by atoms with Gasteiger partial charge in [0, 0.05) is 18.8 Å². The molecule has 1 aromatic rings. The third-order valence-corrected chi connectivity index (χ3v) is 3.13. The van der Waals surface area contributed by atoms with E-state index in [0.29, 0.717) is 0 Å². The number of aromatic nitrogens is 2. The normalized spacial score (nSPS) is 12.4. The van der Waals surface area contributed by atoms with E-state index < -0.39 is 0 Å². The van der Waals surface area contributed by atoms with E-state index in [0.717, 1.165) is 12.2 Å². The van der Waals surface area contributed by atoms with Crippen LogP contribution in [0.4, 0.5) is 5.82 Å². The largest absolute Gasteiger partial charge is 0.379 e. The van der Waals surface area contributed by atoms with Crippen LogP contribution < -0.4 is 5.73 Å². The van der Waals surface area contributed by atoms with Crippen LogP contribution in [0.2, 0.25) is 0 Å². The molecule has 2 N–H and O–H groups in total. The Labute approximate surface area is 98.5 Å². The van der Waals surface area contributed by atoms with E-state index in [-0.39, 0.29) is 23.5 Å². The topological polar surface area (TPSA) is 85.2 Å². The molecule has 1 unspecified atom stereocenters. The highest BCUT2D eigenvalue weighted by Gasteiger charge is 2.24. The molecule has 1 heterocycles. The minimum Gasteiger partial charge on any atom is -0.379 e. The molecule has 0 aliphatic heterocycles. The Bertz CT molecular complexity index is 355. The fourth-order valence-electron chi connectivity index (χ4n) is 1.37. The summed E-state index contributed by atoms with van der Waals surface area (Å²) >= 11 is 1.70. The molecule has 6 nitrogen and oxygen atoms in total. The van der Waals surface area contributed by atoms with E-state index >= 15 is 0 Å². The SMILES string of the molecule is CCC(CSC)N(C)C(=O)c1nonc1N. The standard InChI is InChI=1S/C9H16N4O2S/c1-4-6(5-16-3)13(2)9(14)7-8(10)12-15-11-7/h6H,4-5H2,1-3H3,(H2,10,12). The van der Waals surface area contributed by atoms with Gasteiger partial charge in [-0.3, -0.25) is 4.79 Å². The Morgan fingerprint density at radius 3 is 2.75 bits per heavy atom. The third-order valence-electron chi connectivity index (χ3n) is 2.41. The Morgan fingerprint density at radius 1 is 1.62 bits per heavy atom. The number of nitrogens with zero attached hydrogens (tertiary/aromatic N) is 3. The number of nitrogen functional groups attached to an aromatic ring is 1. The molecule has 0 bridgehead atoms. The van der Waals surface area contributed by atoms with Gasteiger partial charge in [0.15, 0.2) is 0 Å². The van der Waals surface area contributed by atoms with Crippen LogP contribution >= 0.6 is 11.8 Å². The van der Waals surface area contributed by atoms with Crippen LogP contribution in [0.1, 0.15) is 23.8 Å². The van der Waals surface area contributed by atoms with Crippen molar-refractivity contribution in [2.75, 3.05) is 24.8 Å². The van der Waals surface area contributed by atoms with Crippen molar-refractivity contribution in [3.8, 4) is 0 Å². The number of nitrogens with two attached hydrogens (primary N) is 1. The quantitative estimate of drug-likeness (QED) is 0.827. The fraction of sp³-hybridized carbons (Fsp3) is 0.667. The minimum absolute atomic E-state index is 0.0378. The zero-order valence-corrected chi connectivity index (χ0v) is 10.5. The second-order valence-electron chi connectivity index (χ2n) is 3.43. The van der Waals surface area contributed by atoms with Gasteiger partial charge in [-0.2, -0.15) is 11.8 Å². The summed E-state index contributed by atoms with van der Waals surface area (Å²) in [5, 5.41) is 6.89. The Balaban J connectivity index is 2.77. The van der Waals surface area contributed by atoms with Gasteiger partial charge in [0.05, 0.1) is 0 Å². The van der Waals surface area contributed by atoms with E-state index in [4.69, 9.17) is 5.73 Å². The molecular formula is C9H16N4O2S. The van der Waals surface area contributed by atoms with E-state index in [9.17, 15) is 4.79 Å². The van der Waals surface area contributed by atoms with Gasteiger partial charge in [0.2, 0.25) is 11.5 Å². The zero-order valence-electron chi connectivity index (χ0n) is 9.64. The predicted molar refractivity (Wildman–Crippen MR) is 63.3 cm³/mol. The van der Waals surface area contributed by atoms with E-state index in [2.05, 4.69) is 14.9 Å². The van der Waals surface area contributed by atoms with Gasteiger partial charge < -0.3 is 10.6 Å². The summed E-state index contributed by atoms with van der Waals surface area (Å²) in [7, 11) is 1.74. The van der Waals surface area contributed by atoms with Gasteiger partial charge in [-0.1, -0.05) is 6.92 Å². The van der Waals surface area contributed by atoms with Crippen LogP contribution in [0.3, 0.4) is 0 Å². The van der Waals surface area contributed by atoms with Crippen molar-refractivity contribution in [1.82, 2.24) is 15.2 Å². The molecule has 0 saturated heterocycles. The first-order chi connectivity index (χ1) is 7.61. The van der Waals surface area contributed by atoms with E-state index in [1.165, 1.54) is 0 Å². The zero-order chi connectivity index (χ0) is 12.1. The molecule has 90 valence electrons. The van der Waals surface area contributed by atoms with Crippen LogP contribution in [0, 0.1) is 0 Å². The number of hydrogen-bond acceptors (Lipinski definition) is 6. The van der Waals surface area contributed by atoms with E-state index in [1.807, 2.05) is 13.2 Å². The van der Waals surface area contributed by atoms with Crippen LogP contribution in [0.5, 0.6) is 0 Å². The number of carbonyl (C=O) groups excluding carboxylic acids is 1. The van der Waals surface area contributed by atoms with Crippen molar-refractivity contribution >= 4 is 23.5 Å². The Morgan fingerprint density at radius 2 is 2.31 bits per heavy atom. The van der Waals surface area contributed by atoms with Crippen LogP contribution in [-0.2, 0) is 0 Å². The summed E-state index contributed by atoms with van der Waals surface area (Å²) in [5.41, 5.74) is 5.56. The molecule has 1 rings (SSSR count). The van der Waals surface area contributed by atoms with Crippen molar-refractivity contribution in [3.05, 3.63) is 5.69 Å². The van der Waals surface area contributed by atoms with Gasteiger partial charge in [-0.05, 0) is 23.0 Å². The molecular weight excluding hydrogens is 228 g/mol. The molecule has 7 heteroatoms. The highest BCUT2D eigenvalue weighted by molar-refractivity contribution is 7.98. The lowest BCUT2D eigenvalue weighted by Crippen LogP contribution is -2.38. The maximum absolute atomic E-state index is 12.0. The van der Waals surface area contributed by atoms with Crippen molar-refractivity contribution in [3.63, 3.8) is 0 Å². The Hall–Kier alpha value is -1.24. The van der Waals surface area contributed by atoms with Gasteiger partial charge in [0.25, 0.3) is 5.91 Å². The summed E-state index contributed by atoms with van der Waals surface area (Å²) in [5.74, 6) is 0.666. The molecule has 0 radical (unpaired) electrons. The average Bonchev–Trinajstić information content (AvgIpc) is 2.70. The highest BCUT2D eigenvalue weighted by atomic mass is 32.2. The van der Waals surface area contributed by atoms with Crippen molar-refractivity contribution in [1.29, 1.82) is 0 Å². The lowest BCUT2D eigenvalue weighted by Gasteiger charge is -2.25. The second-order valence-corrected chi connectivity index (χ2v) is 4.34. The number of amides is 1. The molecule has 16 heavy (non-hydrogen) atoms. The fourth-order valence-corrected chi connectivity index (χ4v) is 2.22.